The van der Waals surface area contributed by atoms with Crippen LogP contribution in [0.2, 0.25) is 0 Å². The molecule has 3 heterocycles. The molecule has 0 aliphatic heterocycles. The lowest BCUT2D eigenvalue weighted by Gasteiger charge is -1.97. The Hall–Kier alpha value is -2.89. The zero-order chi connectivity index (χ0) is 13.7. The maximum Gasteiger partial charge on any atom is 0.222 e. The molecule has 20 heavy (non-hydrogen) atoms. The molecule has 0 bridgehead atoms. The van der Waals surface area contributed by atoms with E-state index in [-0.39, 0.29) is 5.95 Å². The highest BCUT2D eigenvalue weighted by Gasteiger charge is 2.13. The summed E-state index contributed by atoms with van der Waals surface area (Å²) < 4.78 is 7.14. The molecule has 6 nitrogen and oxygen atoms in total. The first-order valence-corrected chi connectivity index (χ1v) is 6.15. The number of benzene rings is 1. The molecular formula is C14H11N5O. The average Bonchev–Trinajstić information content (AvgIpc) is 3.03. The first kappa shape index (κ1) is 11.0. The number of fused-ring (bicyclic) bond motifs is 2. The van der Waals surface area contributed by atoms with E-state index in [1.54, 1.807) is 17.1 Å². The van der Waals surface area contributed by atoms with Crippen LogP contribution in [0, 0.1) is 0 Å². The lowest BCUT2D eigenvalue weighted by Crippen LogP contribution is -1.97. The molecule has 2 N–H and O–H groups in total. The highest BCUT2D eigenvalue weighted by atomic mass is 16.3. The quantitative estimate of drug-likeness (QED) is 0.571. The van der Waals surface area contributed by atoms with Gasteiger partial charge in [0.2, 0.25) is 5.95 Å². The third-order valence-corrected chi connectivity index (χ3v) is 3.33. The van der Waals surface area contributed by atoms with Crippen molar-refractivity contribution in [2.75, 3.05) is 5.73 Å². The first-order chi connectivity index (χ1) is 9.72. The molecule has 4 rings (SSSR count). The van der Waals surface area contributed by atoms with Crippen molar-refractivity contribution in [2.45, 2.75) is 0 Å². The fourth-order valence-electron chi connectivity index (χ4n) is 2.37. The second kappa shape index (κ2) is 3.80. The van der Waals surface area contributed by atoms with Crippen LogP contribution in [0.1, 0.15) is 0 Å². The van der Waals surface area contributed by atoms with E-state index in [0.29, 0.717) is 5.65 Å². The van der Waals surface area contributed by atoms with Crippen LogP contribution in [0.15, 0.2) is 41.1 Å². The van der Waals surface area contributed by atoms with Crippen LogP contribution in [0.3, 0.4) is 0 Å². The monoisotopic (exact) mass is 265 g/mol. The van der Waals surface area contributed by atoms with Gasteiger partial charge in [0.05, 0.1) is 11.6 Å². The van der Waals surface area contributed by atoms with E-state index >= 15 is 0 Å². The van der Waals surface area contributed by atoms with E-state index in [4.69, 9.17) is 10.2 Å². The van der Waals surface area contributed by atoms with Crippen molar-refractivity contribution in [3.05, 3.63) is 36.7 Å². The number of hydrogen-bond donors (Lipinski definition) is 1. The van der Waals surface area contributed by atoms with Gasteiger partial charge in [-0.1, -0.05) is 12.1 Å². The maximum atomic E-state index is 5.62. The van der Waals surface area contributed by atoms with Crippen LogP contribution >= 0.6 is 0 Å². The van der Waals surface area contributed by atoms with E-state index in [1.165, 1.54) is 0 Å². The van der Waals surface area contributed by atoms with Gasteiger partial charge in [0.15, 0.2) is 5.65 Å². The highest BCUT2D eigenvalue weighted by Crippen LogP contribution is 2.29. The summed E-state index contributed by atoms with van der Waals surface area (Å²) in [5.74, 6) is 0.244. The number of anilines is 1. The summed E-state index contributed by atoms with van der Waals surface area (Å²) in [6.07, 6.45) is 3.38. The van der Waals surface area contributed by atoms with Crippen molar-refractivity contribution in [2.24, 2.45) is 7.05 Å². The Morgan fingerprint density at radius 1 is 1.25 bits per heavy atom. The molecule has 3 aromatic heterocycles. The lowest BCUT2D eigenvalue weighted by molar-refractivity contribution is 0.616. The number of aromatic nitrogens is 4. The summed E-state index contributed by atoms with van der Waals surface area (Å²) in [6, 6.07) is 7.91. The topological polar surface area (TPSA) is 82.8 Å². The van der Waals surface area contributed by atoms with Crippen LogP contribution < -0.4 is 5.73 Å². The highest BCUT2D eigenvalue weighted by molar-refractivity contribution is 5.93. The Morgan fingerprint density at radius 3 is 3.05 bits per heavy atom. The molecule has 0 spiro atoms. The summed E-state index contributed by atoms with van der Waals surface area (Å²) in [4.78, 5) is 8.27. The van der Waals surface area contributed by atoms with Gasteiger partial charge in [0.25, 0.3) is 0 Å². The van der Waals surface area contributed by atoms with Gasteiger partial charge in [-0.3, -0.25) is 0 Å². The summed E-state index contributed by atoms with van der Waals surface area (Å²) in [6.45, 7) is 0. The van der Waals surface area contributed by atoms with Crippen LogP contribution in [-0.2, 0) is 7.05 Å². The van der Waals surface area contributed by atoms with Crippen molar-refractivity contribution in [1.29, 1.82) is 0 Å². The third-order valence-electron chi connectivity index (χ3n) is 3.33. The number of furan rings is 1. The smallest absolute Gasteiger partial charge is 0.222 e. The van der Waals surface area contributed by atoms with Crippen molar-refractivity contribution in [1.82, 2.24) is 19.7 Å². The number of nitrogens with two attached hydrogens (primary N) is 1. The Kier molecular flexibility index (Phi) is 2.09. The Balaban J connectivity index is 2.01. The Bertz CT molecular complexity index is 937. The average molecular weight is 265 g/mol. The molecule has 0 fully saturated rings. The molecule has 0 amide bonds. The van der Waals surface area contributed by atoms with Gasteiger partial charge in [0.1, 0.15) is 11.3 Å². The minimum absolute atomic E-state index is 0.244. The maximum absolute atomic E-state index is 5.62. The van der Waals surface area contributed by atoms with Crippen LogP contribution in [0.25, 0.3) is 33.3 Å². The van der Waals surface area contributed by atoms with Crippen LogP contribution in [0.5, 0.6) is 0 Å². The van der Waals surface area contributed by atoms with Gasteiger partial charge in [-0.25, -0.2) is 9.67 Å². The summed E-state index contributed by atoms with van der Waals surface area (Å²) in [7, 11) is 1.84. The van der Waals surface area contributed by atoms with E-state index < -0.39 is 0 Å². The van der Waals surface area contributed by atoms with Crippen molar-refractivity contribution in [3.8, 4) is 11.3 Å². The standard InChI is InChI=1S/C14H11N5O/c1-19-13-10(7-16-14(15)17-13)12(18-19)9-3-2-8-4-5-20-11(8)6-9/h2-7H,1H3,(H2,15,16,17). The first-order valence-electron chi connectivity index (χ1n) is 6.15. The van der Waals surface area contributed by atoms with Gasteiger partial charge in [-0.05, 0) is 12.1 Å². The fraction of sp³-hybridized carbons (Fsp3) is 0.0714. The lowest BCUT2D eigenvalue weighted by atomic mass is 10.1. The predicted molar refractivity (Wildman–Crippen MR) is 75.9 cm³/mol. The van der Waals surface area contributed by atoms with Gasteiger partial charge >= 0.3 is 0 Å². The number of rotatable bonds is 1. The minimum atomic E-state index is 0.244. The van der Waals surface area contributed by atoms with E-state index in [2.05, 4.69) is 15.1 Å². The molecule has 0 aliphatic rings. The number of nitrogens with zero attached hydrogens (tertiary/aromatic N) is 4. The van der Waals surface area contributed by atoms with Gasteiger partial charge in [-0.2, -0.15) is 10.1 Å². The zero-order valence-electron chi connectivity index (χ0n) is 10.7. The van der Waals surface area contributed by atoms with E-state index in [9.17, 15) is 0 Å². The van der Waals surface area contributed by atoms with Gasteiger partial charge in [-0.15, -0.1) is 0 Å². The molecule has 0 unspecified atom stereocenters. The minimum Gasteiger partial charge on any atom is -0.464 e. The SMILES string of the molecule is Cn1nc(-c2ccc3ccoc3c2)c2cnc(N)nc21. The Morgan fingerprint density at radius 2 is 2.15 bits per heavy atom. The van der Waals surface area contributed by atoms with Crippen molar-refractivity contribution < 1.29 is 4.42 Å². The van der Waals surface area contributed by atoms with Crippen molar-refractivity contribution >= 4 is 28.0 Å². The molecule has 6 heteroatoms. The molecule has 0 saturated carbocycles. The molecule has 0 saturated heterocycles. The molecular weight excluding hydrogens is 254 g/mol. The zero-order valence-corrected chi connectivity index (χ0v) is 10.7. The molecule has 0 radical (unpaired) electrons. The van der Waals surface area contributed by atoms with E-state index in [0.717, 1.165) is 27.6 Å². The number of nitrogen functional groups attached to an aromatic ring is 1. The molecule has 98 valence electrons. The van der Waals surface area contributed by atoms with E-state index in [1.807, 2.05) is 31.3 Å². The molecule has 1 aromatic carbocycles. The largest absolute Gasteiger partial charge is 0.464 e. The van der Waals surface area contributed by atoms with Crippen LogP contribution in [-0.4, -0.2) is 19.7 Å². The summed E-state index contributed by atoms with van der Waals surface area (Å²) in [5, 5.41) is 6.44. The van der Waals surface area contributed by atoms with Gasteiger partial charge < -0.3 is 10.2 Å². The second-order valence-electron chi connectivity index (χ2n) is 4.61. The second-order valence-corrected chi connectivity index (χ2v) is 4.61. The summed E-state index contributed by atoms with van der Waals surface area (Å²) >= 11 is 0. The van der Waals surface area contributed by atoms with Crippen LogP contribution in [0.4, 0.5) is 5.95 Å². The van der Waals surface area contributed by atoms with Gasteiger partial charge in [0, 0.05) is 24.2 Å². The normalized spacial score (nSPS) is 11.4. The van der Waals surface area contributed by atoms with Crippen molar-refractivity contribution in [3.63, 3.8) is 0 Å². The molecule has 0 aliphatic carbocycles. The molecule has 4 aromatic rings. The summed E-state index contributed by atoms with van der Waals surface area (Å²) in [5.41, 5.74) is 8.95. The molecule has 0 atom stereocenters. The predicted octanol–water partition coefficient (Wildman–Crippen LogP) is 2.36. The third kappa shape index (κ3) is 1.48. The number of aryl methyl sites for hydroxylation is 1. The number of hydrogen-bond acceptors (Lipinski definition) is 5. The Labute approximate surface area is 113 Å². The fourth-order valence-corrected chi connectivity index (χ4v) is 2.37.